The summed E-state index contributed by atoms with van der Waals surface area (Å²) in [5.41, 5.74) is 0.0831. The molecule has 1 aromatic rings. The predicted molar refractivity (Wildman–Crippen MR) is 77.1 cm³/mol. The van der Waals surface area contributed by atoms with Crippen LogP contribution in [-0.4, -0.2) is 49.2 Å². The van der Waals surface area contributed by atoms with Gasteiger partial charge in [-0.15, -0.1) is 0 Å². The topological polar surface area (TPSA) is 67.6 Å². The number of hydrogen-bond donors (Lipinski definition) is 1. The molecule has 1 aliphatic heterocycles. The van der Waals surface area contributed by atoms with E-state index in [0.29, 0.717) is 18.4 Å². The normalized spacial score (nSPS) is 19.1. The zero-order valence-corrected chi connectivity index (χ0v) is 11.7. The molecule has 20 heavy (non-hydrogen) atoms. The van der Waals surface area contributed by atoms with Crippen molar-refractivity contribution < 1.29 is 9.66 Å². The molecule has 0 spiro atoms. The first-order valence-corrected chi connectivity index (χ1v) is 6.95. The van der Waals surface area contributed by atoms with Crippen molar-refractivity contribution >= 4 is 5.69 Å². The minimum atomic E-state index is -0.413. The van der Waals surface area contributed by atoms with Crippen LogP contribution in [0.5, 0.6) is 5.75 Å². The van der Waals surface area contributed by atoms with E-state index >= 15 is 0 Å². The zero-order valence-electron chi connectivity index (χ0n) is 11.7. The van der Waals surface area contributed by atoms with Crippen LogP contribution < -0.4 is 10.1 Å². The summed E-state index contributed by atoms with van der Waals surface area (Å²) in [5, 5.41) is 13.9. The monoisotopic (exact) mass is 279 g/mol. The molecule has 0 radical (unpaired) electrons. The second kappa shape index (κ2) is 7.21. The number of nitrogens with one attached hydrogen (secondary N) is 1. The van der Waals surface area contributed by atoms with Crippen molar-refractivity contribution in [3.8, 4) is 5.75 Å². The fraction of sp³-hybridized carbons (Fsp3) is 0.571. The average Bonchev–Trinajstić information content (AvgIpc) is 2.84. The summed E-state index contributed by atoms with van der Waals surface area (Å²) < 4.78 is 5.53. The maximum Gasteiger partial charge on any atom is 0.269 e. The van der Waals surface area contributed by atoms with E-state index in [1.54, 1.807) is 12.1 Å². The molecular formula is C14H21N3O3. The molecule has 0 aromatic heterocycles. The Kier molecular flexibility index (Phi) is 5.31. The molecule has 6 nitrogen and oxygen atoms in total. The van der Waals surface area contributed by atoms with Crippen LogP contribution in [0, 0.1) is 10.1 Å². The third-order valence-electron chi connectivity index (χ3n) is 3.65. The first-order chi connectivity index (χ1) is 9.66. The summed E-state index contributed by atoms with van der Waals surface area (Å²) >= 11 is 0. The van der Waals surface area contributed by atoms with Gasteiger partial charge in [-0.05, 0) is 38.6 Å². The van der Waals surface area contributed by atoms with Crippen LogP contribution in [0.1, 0.15) is 12.8 Å². The van der Waals surface area contributed by atoms with E-state index in [4.69, 9.17) is 4.74 Å². The molecule has 0 bridgehead atoms. The van der Waals surface area contributed by atoms with Gasteiger partial charge in [-0.3, -0.25) is 10.1 Å². The standard InChI is InChI=1S/C14H21N3O3/c1-16-9-2-3-13(16)11-15-8-10-20-14-6-4-12(5-7-14)17(18)19/h4-7,13,15H,2-3,8-11H2,1H3. The molecule has 1 atom stereocenters. The Morgan fingerprint density at radius 1 is 1.45 bits per heavy atom. The number of nitro groups is 1. The number of ether oxygens (including phenoxy) is 1. The second-order valence-electron chi connectivity index (χ2n) is 5.08. The van der Waals surface area contributed by atoms with Crippen LogP contribution in [0.3, 0.4) is 0 Å². The minimum absolute atomic E-state index is 0.0831. The molecule has 1 saturated heterocycles. The molecular weight excluding hydrogens is 258 g/mol. The van der Waals surface area contributed by atoms with Gasteiger partial charge in [0, 0.05) is 31.3 Å². The van der Waals surface area contributed by atoms with Gasteiger partial charge in [0.1, 0.15) is 12.4 Å². The van der Waals surface area contributed by atoms with Gasteiger partial charge in [-0.1, -0.05) is 0 Å². The second-order valence-corrected chi connectivity index (χ2v) is 5.08. The van der Waals surface area contributed by atoms with Crippen LogP contribution in [-0.2, 0) is 0 Å². The van der Waals surface area contributed by atoms with Gasteiger partial charge < -0.3 is 15.0 Å². The lowest BCUT2D eigenvalue weighted by Crippen LogP contribution is -2.36. The summed E-state index contributed by atoms with van der Waals surface area (Å²) in [6.45, 7) is 3.52. The van der Waals surface area contributed by atoms with E-state index in [1.807, 2.05) is 0 Å². The highest BCUT2D eigenvalue weighted by atomic mass is 16.6. The van der Waals surface area contributed by atoms with Crippen molar-refractivity contribution in [1.82, 2.24) is 10.2 Å². The largest absolute Gasteiger partial charge is 0.492 e. The lowest BCUT2D eigenvalue weighted by molar-refractivity contribution is -0.384. The number of benzene rings is 1. The molecule has 6 heteroatoms. The van der Waals surface area contributed by atoms with Crippen molar-refractivity contribution in [2.45, 2.75) is 18.9 Å². The van der Waals surface area contributed by atoms with Gasteiger partial charge in [0.2, 0.25) is 0 Å². The lowest BCUT2D eigenvalue weighted by Gasteiger charge is -2.19. The number of rotatable bonds is 7. The molecule has 0 saturated carbocycles. The quantitative estimate of drug-likeness (QED) is 0.467. The first-order valence-electron chi connectivity index (χ1n) is 6.95. The average molecular weight is 279 g/mol. The van der Waals surface area contributed by atoms with Crippen molar-refractivity contribution in [2.75, 3.05) is 33.3 Å². The number of likely N-dealkylation sites (N-methyl/N-ethyl adjacent to an activating group) is 1. The van der Waals surface area contributed by atoms with Crippen LogP contribution in [0.4, 0.5) is 5.69 Å². The van der Waals surface area contributed by atoms with Gasteiger partial charge in [0.25, 0.3) is 5.69 Å². The molecule has 1 aliphatic rings. The van der Waals surface area contributed by atoms with Gasteiger partial charge >= 0.3 is 0 Å². The molecule has 1 unspecified atom stereocenters. The van der Waals surface area contributed by atoms with Crippen molar-refractivity contribution in [3.05, 3.63) is 34.4 Å². The van der Waals surface area contributed by atoms with Crippen molar-refractivity contribution in [1.29, 1.82) is 0 Å². The van der Waals surface area contributed by atoms with Gasteiger partial charge in [-0.2, -0.15) is 0 Å². The highest BCUT2D eigenvalue weighted by Gasteiger charge is 2.19. The summed E-state index contributed by atoms with van der Waals surface area (Å²) in [7, 11) is 2.16. The van der Waals surface area contributed by atoms with E-state index in [0.717, 1.165) is 13.1 Å². The van der Waals surface area contributed by atoms with Crippen LogP contribution in [0.15, 0.2) is 24.3 Å². The Balaban J connectivity index is 1.62. The Labute approximate surface area is 118 Å². The van der Waals surface area contributed by atoms with Crippen molar-refractivity contribution in [2.24, 2.45) is 0 Å². The number of nitro benzene ring substituents is 1. The number of hydrogen-bond acceptors (Lipinski definition) is 5. The van der Waals surface area contributed by atoms with Crippen LogP contribution >= 0.6 is 0 Å². The third-order valence-corrected chi connectivity index (χ3v) is 3.65. The Hall–Kier alpha value is -1.66. The maximum absolute atomic E-state index is 10.5. The highest BCUT2D eigenvalue weighted by molar-refractivity contribution is 5.35. The zero-order chi connectivity index (χ0) is 14.4. The van der Waals surface area contributed by atoms with Gasteiger partial charge in [0.05, 0.1) is 4.92 Å². The van der Waals surface area contributed by atoms with E-state index in [2.05, 4.69) is 17.3 Å². The van der Waals surface area contributed by atoms with Gasteiger partial charge in [0.15, 0.2) is 0 Å². The molecule has 0 amide bonds. The molecule has 110 valence electrons. The van der Waals surface area contributed by atoms with E-state index in [9.17, 15) is 10.1 Å². The van der Waals surface area contributed by atoms with E-state index < -0.39 is 4.92 Å². The summed E-state index contributed by atoms with van der Waals surface area (Å²) in [6.07, 6.45) is 2.54. The van der Waals surface area contributed by atoms with Gasteiger partial charge in [-0.25, -0.2) is 0 Å². The van der Waals surface area contributed by atoms with Crippen molar-refractivity contribution in [3.63, 3.8) is 0 Å². The summed E-state index contributed by atoms with van der Waals surface area (Å²) in [4.78, 5) is 12.5. The van der Waals surface area contributed by atoms with E-state index in [-0.39, 0.29) is 5.69 Å². The molecule has 0 aliphatic carbocycles. The summed E-state index contributed by atoms with van der Waals surface area (Å²) in [6, 6.07) is 6.80. The van der Waals surface area contributed by atoms with E-state index in [1.165, 1.54) is 31.5 Å². The molecule has 1 aromatic carbocycles. The lowest BCUT2D eigenvalue weighted by atomic mass is 10.2. The summed E-state index contributed by atoms with van der Waals surface area (Å²) in [5.74, 6) is 0.662. The third kappa shape index (κ3) is 4.18. The smallest absolute Gasteiger partial charge is 0.269 e. The van der Waals surface area contributed by atoms with Crippen LogP contribution in [0.2, 0.25) is 0 Å². The molecule has 2 rings (SSSR count). The maximum atomic E-state index is 10.5. The Bertz CT molecular complexity index is 436. The fourth-order valence-corrected chi connectivity index (χ4v) is 2.41. The Morgan fingerprint density at radius 3 is 2.80 bits per heavy atom. The molecule has 1 fully saturated rings. The molecule has 1 heterocycles. The SMILES string of the molecule is CN1CCCC1CNCCOc1ccc([N+](=O)[O-])cc1. The molecule has 1 N–H and O–H groups in total. The fourth-order valence-electron chi connectivity index (χ4n) is 2.41. The number of likely N-dealkylation sites (tertiary alicyclic amines) is 1. The number of non-ortho nitro benzene ring substituents is 1. The first kappa shape index (κ1) is 14.7. The number of nitrogens with zero attached hydrogens (tertiary/aromatic N) is 2. The minimum Gasteiger partial charge on any atom is -0.492 e. The predicted octanol–water partition coefficient (Wildman–Crippen LogP) is 1.66. The Morgan fingerprint density at radius 2 is 2.20 bits per heavy atom. The highest BCUT2D eigenvalue weighted by Crippen LogP contribution is 2.17. The van der Waals surface area contributed by atoms with Crippen LogP contribution in [0.25, 0.3) is 0 Å².